The predicted octanol–water partition coefficient (Wildman–Crippen LogP) is 4.43. The molecular weight excluding hydrogens is 380 g/mol. The average Bonchev–Trinajstić information content (AvgIpc) is 3.38. The molecule has 2 aliphatic heterocycles. The Labute approximate surface area is 179 Å². The molecule has 0 amide bonds. The minimum Gasteiger partial charge on any atom is -0.377 e. The fraction of sp³-hybridized carbons (Fsp3) is 0.652. The lowest BCUT2D eigenvalue weighted by molar-refractivity contribution is 0.129. The first kappa shape index (κ1) is 20.9. The fourth-order valence-corrected chi connectivity index (χ4v) is 5.47. The van der Waals surface area contributed by atoms with Crippen LogP contribution in [0, 0.1) is 5.92 Å². The van der Waals surface area contributed by atoms with E-state index in [1.165, 1.54) is 56.7 Å². The van der Waals surface area contributed by atoms with Crippen molar-refractivity contribution >= 4 is 11.8 Å². The van der Waals surface area contributed by atoms with Crippen molar-refractivity contribution in [3.63, 3.8) is 0 Å². The number of ether oxygens (including phenoxy) is 1. The first-order valence-electron chi connectivity index (χ1n) is 11.1. The largest absolute Gasteiger partial charge is 0.377 e. The van der Waals surface area contributed by atoms with E-state index in [1.807, 2.05) is 11.8 Å². The molecule has 1 atom stereocenters. The maximum Gasteiger partial charge on any atom is 0.191 e. The van der Waals surface area contributed by atoms with Gasteiger partial charge in [0, 0.05) is 24.8 Å². The average molecular weight is 415 g/mol. The standard InChI is InChI=1S/C23H34N4OS/c1-18(2)15-26-12-10-20(11-13-26)22-24-25-23(29-17-21-9-6-14-28-21)27(22)16-19-7-4-3-5-8-19/h3-5,7-8,18,20-21H,6,9-17H2,1-2H3/t21-/m1/s1. The van der Waals surface area contributed by atoms with Crippen molar-refractivity contribution in [3.8, 4) is 0 Å². The lowest BCUT2D eigenvalue weighted by Gasteiger charge is -2.32. The third-order valence-electron chi connectivity index (χ3n) is 5.93. The molecule has 5 nitrogen and oxygen atoms in total. The fourth-order valence-electron chi connectivity index (χ4n) is 4.46. The van der Waals surface area contributed by atoms with Crippen LogP contribution in [-0.2, 0) is 11.3 Å². The highest BCUT2D eigenvalue weighted by Crippen LogP contribution is 2.31. The molecule has 0 N–H and O–H groups in total. The van der Waals surface area contributed by atoms with Crippen LogP contribution in [0.4, 0.5) is 0 Å². The summed E-state index contributed by atoms with van der Waals surface area (Å²) in [7, 11) is 0. The third-order valence-corrected chi connectivity index (χ3v) is 7.03. The molecule has 158 valence electrons. The first-order valence-corrected chi connectivity index (χ1v) is 12.1. The Morgan fingerprint density at radius 3 is 2.59 bits per heavy atom. The lowest BCUT2D eigenvalue weighted by atomic mass is 9.95. The van der Waals surface area contributed by atoms with Crippen molar-refractivity contribution in [2.24, 2.45) is 5.92 Å². The summed E-state index contributed by atoms with van der Waals surface area (Å²) in [4.78, 5) is 2.60. The molecule has 1 aromatic carbocycles. The lowest BCUT2D eigenvalue weighted by Crippen LogP contribution is -2.36. The van der Waals surface area contributed by atoms with Crippen LogP contribution in [0.15, 0.2) is 35.5 Å². The Hall–Kier alpha value is -1.37. The van der Waals surface area contributed by atoms with E-state index in [2.05, 4.69) is 58.7 Å². The Bertz CT molecular complexity index is 749. The molecule has 0 radical (unpaired) electrons. The second-order valence-electron chi connectivity index (χ2n) is 8.83. The summed E-state index contributed by atoms with van der Waals surface area (Å²) in [5.74, 6) is 3.38. The molecule has 0 bridgehead atoms. The van der Waals surface area contributed by atoms with Crippen molar-refractivity contribution in [1.82, 2.24) is 19.7 Å². The smallest absolute Gasteiger partial charge is 0.191 e. The minimum atomic E-state index is 0.365. The van der Waals surface area contributed by atoms with E-state index < -0.39 is 0 Å². The number of piperidine rings is 1. The number of benzene rings is 1. The molecule has 0 saturated carbocycles. The number of hydrogen-bond donors (Lipinski definition) is 0. The molecule has 2 saturated heterocycles. The Morgan fingerprint density at radius 1 is 1.10 bits per heavy atom. The molecule has 3 heterocycles. The number of nitrogens with zero attached hydrogens (tertiary/aromatic N) is 4. The van der Waals surface area contributed by atoms with Crippen molar-refractivity contribution in [1.29, 1.82) is 0 Å². The summed E-state index contributed by atoms with van der Waals surface area (Å²) in [5, 5.41) is 10.4. The van der Waals surface area contributed by atoms with Gasteiger partial charge in [-0.3, -0.25) is 0 Å². The van der Waals surface area contributed by atoms with Gasteiger partial charge in [0.2, 0.25) is 0 Å². The summed E-state index contributed by atoms with van der Waals surface area (Å²) in [6, 6.07) is 10.7. The van der Waals surface area contributed by atoms with Crippen LogP contribution in [0.25, 0.3) is 0 Å². The van der Waals surface area contributed by atoms with Gasteiger partial charge in [0.1, 0.15) is 5.82 Å². The molecule has 0 aliphatic carbocycles. The van der Waals surface area contributed by atoms with Crippen LogP contribution in [0.3, 0.4) is 0 Å². The van der Waals surface area contributed by atoms with Gasteiger partial charge >= 0.3 is 0 Å². The number of rotatable bonds is 8. The van der Waals surface area contributed by atoms with Crippen LogP contribution >= 0.6 is 11.8 Å². The minimum absolute atomic E-state index is 0.365. The molecule has 29 heavy (non-hydrogen) atoms. The van der Waals surface area contributed by atoms with Gasteiger partial charge in [0.25, 0.3) is 0 Å². The number of aromatic nitrogens is 3. The number of thioether (sulfide) groups is 1. The molecule has 0 spiro atoms. The molecule has 2 aromatic rings. The summed E-state index contributed by atoms with van der Waals surface area (Å²) >= 11 is 1.81. The first-order chi connectivity index (χ1) is 14.2. The van der Waals surface area contributed by atoms with E-state index in [4.69, 9.17) is 9.84 Å². The maximum absolute atomic E-state index is 5.82. The normalized spacial score (nSPS) is 21.3. The van der Waals surface area contributed by atoms with Gasteiger partial charge in [-0.2, -0.15) is 0 Å². The van der Waals surface area contributed by atoms with E-state index in [0.29, 0.717) is 12.0 Å². The predicted molar refractivity (Wildman–Crippen MR) is 119 cm³/mol. The highest BCUT2D eigenvalue weighted by molar-refractivity contribution is 7.99. The van der Waals surface area contributed by atoms with Crippen LogP contribution in [-0.4, -0.2) is 57.8 Å². The van der Waals surface area contributed by atoms with Gasteiger partial charge in [-0.15, -0.1) is 10.2 Å². The van der Waals surface area contributed by atoms with Gasteiger partial charge in [-0.05, 0) is 50.3 Å². The Balaban J connectivity index is 1.48. The number of hydrogen-bond acceptors (Lipinski definition) is 5. The van der Waals surface area contributed by atoms with Gasteiger partial charge in [0.15, 0.2) is 5.16 Å². The van der Waals surface area contributed by atoms with Crippen LogP contribution in [0.5, 0.6) is 0 Å². The number of likely N-dealkylation sites (tertiary alicyclic amines) is 1. The zero-order valence-electron chi connectivity index (χ0n) is 17.8. The molecule has 2 fully saturated rings. The Kier molecular flexibility index (Phi) is 7.27. The van der Waals surface area contributed by atoms with Crippen molar-refractivity contribution in [2.75, 3.05) is 32.0 Å². The second-order valence-corrected chi connectivity index (χ2v) is 9.81. The third kappa shape index (κ3) is 5.62. The van der Waals surface area contributed by atoms with Crippen LogP contribution in [0.2, 0.25) is 0 Å². The zero-order chi connectivity index (χ0) is 20.1. The summed E-state index contributed by atoms with van der Waals surface area (Å²) < 4.78 is 8.19. The monoisotopic (exact) mass is 414 g/mol. The van der Waals surface area contributed by atoms with E-state index >= 15 is 0 Å². The van der Waals surface area contributed by atoms with Gasteiger partial charge in [0.05, 0.1) is 12.6 Å². The summed E-state index contributed by atoms with van der Waals surface area (Å²) in [6.07, 6.45) is 5.07. The van der Waals surface area contributed by atoms with Gasteiger partial charge < -0.3 is 14.2 Å². The zero-order valence-corrected chi connectivity index (χ0v) is 18.6. The van der Waals surface area contributed by atoms with Crippen molar-refractivity contribution in [2.45, 2.75) is 63.3 Å². The molecule has 2 aliphatic rings. The highest BCUT2D eigenvalue weighted by atomic mass is 32.2. The van der Waals surface area contributed by atoms with Crippen LogP contribution in [0.1, 0.15) is 56.8 Å². The SMILES string of the molecule is CC(C)CN1CCC(c2nnc(SC[C@H]3CCCO3)n2Cc2ccccc2)CC1. The molecule has 4 rings (SSSR count). The van der Waals surface area contributed by atoms with Crippen LogP contribution < -0.4 is 0 Å². The van der Waals surface area contributed by atoms with E-state index in [1.54, 1.807) is 0 Å². The highest BCUT2D eigenvalue weighted by Gasteiger charge is 2.27. The molecular formula is C23H34N4OS. The van der Waals surface area contributed by atoms with Gasteiger partial charge in [-0.25, -0.2) is 0 Å². The van der Waals surface area contributed by atoms with Crippen molar-refractivity contribution < 1.29 is 4.74 Å². The quantitative estimate of drug-likeness (QED) is 0.598. The summed E-state index contributed by atoms with van der Waals surface area (Å²) in [5.41, 5.74) is 1.31. The van der Waals surface area contributed by atoms with E-state index in [0.717, 1.165) is 30.0 Å². The van der Waals surface area contributed by atoms with E-state index in [-0.39, 0.29) is 0 Å². The maximum atomic E-state index is 5.82. The van der Waals surface area contributed by atoms with Gasteiger partial charge in [-0.1, -0.05) is 55.9 Å². The second kappa shape index (κ2) is 10.1. The molecule has 0 unspecified atom stereocenters. The van der Waals surface area contributed by atoms with Crippen molar-refractivity contribution in [3.05, 3.63) is 41.7 Å². The van der Waals surface area contributed by atoms with E-state index in [9.17, 15) is 0 Å². The topological polar surface area (TPSA) is 43.2 Å². The summed E-state index contributed by atoms with van der Waals surface area (Å²) in [6.45, 7) is 9.90. The molecule has 1 aromatic heterocycles. The Morgan fingerprint density at radius 2 is 1.90 bits per heavy atom. The molecule has 6 heteroatoms.